The minimum absolute atomic E-state index is 0.00137. The summed E-state index contributed by atoms with van der Waals surface area (Å²) in [5.74, 6) is -0.105. The fourth-order valence-corrected chi connectivity index (χ4v) is 3.62. The Hall–Kier alpha value is -2.95. The number of benzene rings is 3. The molecule has 0 saturated heterocycles. The van der Waals surface area contributed by atoms with E-state index in [0.717, 1.165) is 40.8 Å². The molecule has 5 heteroatoms. The van der Waals surface area contributed by atoms with Gasteiger partial charge in [0, 0.05) is 5.69 Å². The molecule has 1 heterocycles. The van der Waals surface area contributed by atoms with Crippen molar-refractivity contribution in [1.82, 2.24) is 0 Å². The van der Waals surface area contributed by atoms with Gasteiger partial charge in [0.05, 0.1) is 6.04 Å². The van der Waals surface area contributed by atoms with Crippen LogP contribution in [-0.4, -0.2) is 6.61 Å². The molecule has 0 saturated carbocycles. The summed E-state index contributed by atoms with van der Waals surface area (Å²) >= 11 is 0. The van der Waals surface area contributed by atoms with E-state index in [0.29, 0.717) is 0 Å². The van der Waals surface area contributed by atoms with E-state index in [2.05, 4.69) is 10.1 Å². The molecule has 0 bridgehead atoms. The number of fused-ring (bicyclic) bond motifs is 1. The summed E-state index contributed by atoms with van der Waals surface area (Å²) in [6.45, 7) is -2.84. The van der Waals surface area contributed by atoms with E-state index in [1.807, 2.05) is 30.3 Å². The number of ether oxygens (including phenoxy) is 1. The lowest BCUT2D eigenvalue weighted by Gasteiger charge is -2.29. The first-order valence-electron chi connectivity index (χ1n) is 8.79. The summed E-state index contributed by atoms with van der Waals surface area (Å²) in [7, 11) is 0. The van der Waals surface area contributed by atoms with Crippen LogP contribution >= 0.6 is 0 Å². The Balaban J connectivity index is 1.62. The quantitative estimate of drug-likeness (QED) is 0.592. The molecule has 0 spiro atoms. The van der Waals surface area contributed by atoms with Crippen molar-refractivity contribution in [3.05, 3.63) is 83.7 Å². The summed E-state index contributed by atoms with van der Waals surface area (Å²) in [6.07, 6.45) is 1.61. The van der Waals surface area contributed by atoms with Crippen molar-refractivity contribution in [3.63, 3.8) is 0 Å². The zero-order chi connectivity index (χ0) is 18.8. The average Bonchev–Trinajstić information content (AvgIpc) is 2.67. The Morgan fingerprint density at radius 1 is 0.963 bits per heavy atom. The molecule has 2 nitrogen and oxygen atoms in total. The van der Waals surface area contributed by atoms with Crippen LogP contribution in [0.1, 0.15) is 23.6 Å². The second kappa shape index (κ2) is 7.35. The van der Waals surface area contributed by atoms with Gasteiger partial charge in [-0.15, -0.1) is 0 Å². The van der Waals surface area contributed by atoms with Crippen LogP contribution in [-0.2, 0) is 6.42 Å². The molecule has 1 atom stereocenters. The minimum Gasteiger partial charge on any atom is -0.435 e. The van der Waals surface area contributed by atoms with Gasteiger partial charge in [-0.25, -0.2) is 4.39 Å². The molecule has 3 aromatic rings. The molecule has 3 aromatic carbocycles. The zero-order valence-electron chi connectivity index (χ0n) is 14.5. The molecule has 1 N–H and O–H groups in total. The van der Waals surface area contributed by atoms with E-state index in [1.165, 1.54) is 18.2 Å². The molecule has 138 valence electrons. The summed E-state index contributed by atoms with van der Waals surface area (Å²) in [6, 6.07) is 19.3. The van der Waals surface area contributed by atoms with Crippen molar-refractivity contribution in [1.29, 1.82) is 0 Å². The van der Waals surface area contributed by atoms with Gasteiger partial charge < -0.3 is 10.1 Å². The highest BCUT2D eigenvalue weighted by Crippen LogP contribution is 2.38. The molecular formula is C22H18F3NO. The van der Waals surface area contributed by atoms with Gasteiger partial charge in [-0.1, -0.05) is 36.4 Å². The van der Waals surface area contributed by atoms with Crippen LogP contribution < -0.4 is 10.1 Å². The number of nitrogens with one attached hydrogen (secondary N) is 1. The first kappa shape index (κ1) is 17.5. The van der Waals surface area contributed by atoms with Crippen LogP contribution in [0.2, 0.25) is 0 Å². The van der Waals surface area contributed by atoms with Crippen LogP contribution in [0.5, 0.6) is 5.75 Å². The maximum Gasteiger partial charge on any atom is 0.387 e. The van der Waals surface area contributed by atoms with Crippen molar-refractivity contribution in [3.8, 4) is 16.9 Å². The lowest BCUT2D eigenvalue weighted by Crippen LogP contribution is -2.18. The van der Waals surface area contributed by atoms with E-state index < -0.39 is 6.61 Å². The molecular weight excluding hydrogens is 351 g/mol. The maximum absolute atomic E-state index is 13.6. The lowest BCUT2D eigenvalue weighted by molar-refractivity contribution is -0.0498. The van der Waals surface area contributed by atoms with Crippen molar-refractivity contribution in [2.45, 2.75) is 25.5 Å². The summed E-state index contributed by atoms with van der Waals surface area (Å²) in [4.78, 5) is 0. The standard InChI is InChI=1S/C22H18F3NO/c23-16-6-1-4-14(12-16)18-8-3-9-21-19(18)10-11-20(26-21)15-5-2-7-17(13-15)27-22(24)25/h1-9,12-13,20,22,26H,10-11H2/t20-/m1/s1. The Kier molecular flexibility index (Phi) is 4.75. The van der Waals surface area contributed by atoms with Gasteiger partial charge in [-0.3, -0.25) is 0 Å². The fraction of sp³-hybridized carbons (Fsp3) is 0.182. The summed E-state index contributed by atoms with van der Waals surface area (Å²) in [5, 5.41) is 3.48. The third kappa shape index (κ3) is 3.77. The van der Waals surface area contributed by atoms with Gasteiger partial charge in [0.15, 0.2) is 0 Å². The molecule has 0 radical (unpaired) electrons. The van der Waals surface area contributed by atoms with Gasteiger partial charge >= 0.3 is 6.61 Å². The summed E-state index contributed by atoms with van der Waals surface area (Å²) in [5.41, 5.74) is 4.87. The highest BCUT2D eigenvalue weighted by molar-refractivity contribution is 5.75. The Labute approximate surface area is 155 Å². The molecule has 4 rings (SSSR count). The van der Waals surface area contributed by atoms with Crippen molar-refractivity contribution < 1.29 is 17.9 Å². The normalized spacial score (nSPS) is 15.9. The van der Waals surface area contributed by atoms with E-state index in [-0.39, 0.29) is 17.6 Å². The van der Waals surface area contributed by atoms with Gasteiger partial charge in [0.25, 0.3) is 0 Å². The molecule has 1 aliphatic heterocycles. The Bertz CT molecular complexity index is 958. The summed E-state index contributed by atoms with van der Waals surface area (Å²) < 4.78 is 43.0. The Morgan fingerprint density at radius 2 is 1.78 bits per heavy atom. The van der Waals surface area contributed by atoms with Gasteiger partial charge in [-0.2, -0.15) is 8.78 Å². The number of halogens is 3. The van der Waals surface area contributed by atoms with E-state index in [9.17, 15) is 13.2 Å². The SMILES string of the molecule is Fc1cccc(-c2cccc3c2CC[C@H](c2cccc(OC(F)F)c2)N3)c1. The first-order valence-corrected chi connectivity index (χ1v) is 8.79. The van der Waals surface area contributed by atoms with Crippen molar-refractivity contribution >= 4 is 5.69 Å². The second-order valence-electron chi connectivity index (χ2n) is 6.53. The molecule has 0 fully saturated rings. The highest BCUT2D eigenvalue weighted by Gasteiger charge is 2.22. The smallest absolute Gasteiger partial charge is 0.387 e. The van der Waals surface area contributed by atoms with E-state index in [4.69, 9.17) is 0 Å². The lowest BCUT2D eigenvalue weighted by atomic mass is 9.88. The van der Waals surface area contributed by atoms with Gasteiger partial charge in [0.2, 0.25) is 0 Å². The average molecular weight is 369 g/mol. The van der Waals surface area contributed by atoms with Crippen molar-refractivity contribution in [2.75, 3.05) is 5.32 Å². The van der Waals surface area contributed by atoms with Gasteiger partial charge in [0.1, 0.15) is 11.6 Å². The molecule has 0 amide bonds. The fourth-order valence-electron chi connectivity index (χ4n) is 3.62. The number of anilines is 1. The van der Waals surface area contributed by atoms with Crippen LogP contribution in [0.25, 0.3) is 11.1 Å². The molecule has 0 aliphatic carbocycles. The van der Waals surface area contributed by atoms with Crippen LogP contribution in [0.15, 0.2) is 66.7 Å². The highest BCUT2D eigenvalue weighted by atomic mass is 19.3. The second-order valence-corrected chi connectivity index (χ2v) is 6.53. The predicted molar refractivity (Wildman–Crippen MR) is 99.6 cm³/mol. The Morgan fingerprint density at radius 3 is 2.59 bits per heavy atom. The van der Waals surface area contributed by atoms with Crippen LogP contribution in [0, 0.1) is 5.82 Å². The van der Waals surface area contributed by atoms with Crippen molar-refractivity contribution in [2.24, 2.45) is 0 Å². The van der Waals surface area contributed by atoms with Gasteiger partial charge in [-0.05, 0) is 65.4 Å². The third-order valence-corrected chi connectivity index (χ3v) is 4.81. The van der Waals surface area contributed by atoms with Crippen LogP contribution in [0.4, 0.5) is 18.9 Å². The monoisotopic (exact) mass is 369 g/mol. The number of hydrogen-bond acceptors (Lipinski definition) is 2. The molecule has 27 heavy (non-hydrogen) atoms. The third-order valence-electron chi connectivity index (χ3n) is 4.81. The number of rotatable bonds is 4. The molecule has 1 aliphatic rings. The maximum atomic E-state index is 13.6. The minimum atomic E-state index is -2.84. The number of alkyl halides is 2. The van der Waals surface area contributed by atoms with E-state index >= 15 is 0 Å². The number of hydrogen-bond donors (Lipinski definition) is 1. The molecule has 0 aromatic heterocycles. The zero-order valence-corrected chi connectivity index (χ0v) is 14.5. The molecule has 0 unspecified atom stereocenters. The topological polar surface area (TPSA) is 21.3 Å². The predicted octanol–water partition coefficient (Wildman–Crippen LogP) is 6.19. The largest absolute Gasteiger partial charge is 0.435 e. The first-order chi connectivity index (χ1) is 13.1. The van der Waals surface area contributed by atoms with E-state index in [1.54, 1.807) is 18.2 Å². The van der Waals surface area contributed by atoms with Crippen LogP contribution in [0.3, 0.4) is 0 Å².